The predicted molar refractivity (Wildman–Crippen MR) is 133 cm³/mol. The number of rotatable bonds is 6. The molecule has 0 bridgehead atoms. The number of hydrogen-bond donors (Lipinski definition) is 4. The summed E-state index contributed by atoms with van der Waals surface area (Å²) < 4.78 is 78.1. The molecule has 0 spiro atoms. The minimum atomic E-state index is -5.46. The average Bonchev–Trinajstić information content (AvgIpc) is 3.45. The molecule has 1 aliphatic heterocycles. The second-order valence-electron chi connectivity index (χ2n) is 8.97. The number of carbonyl (C=O) groups excluding carboxylic acids is 2. The summed E-state index contributed by atoms with van der Waals surface area (Å²) in [5.41, 5.74) is 2.08. The zero-order valence-corrected chi connectivity index (χ0v) is 20.9. The molecule has 4 aromatic rings. The van der Waals surface area contributed by atoms with Gasteiger partial charge in [0.2, 0.25) is 5.60 Å². The number of halogens is 5. The number of fused-ring (bicyclic) bond motifs is 2. The van der Waals surface area contributed by atoms with E-state index in [1.165, 1.54) is 18.2 Å². The molecule has 6 N–H and O–H groups in total. The van der Waals surface area contributed by atoms with E-state index in [9.17, 15) is 32.3 Å². The molecule has 0 radical (unpaired) electrons. The first-order valence-electron chi connectivity index (χ1n) is 11.4. The van der Waals surface area contributed by atoms with Gasteiger partial charge in [-0.2, -0.15) is 13.2 Å². The molecule has 1 aliphatic rings. The van der Waals surface area contributed by atoms with Gasteiger partial charge in [-0.3, -0.25) is 9.59 Å². The molecule has 5 rings (SSSR count). The number of anilines is 1. The van der Waals surface area contributed by atoms with E-state index in [0.29, 0.717) is 16.3 Å². The van der Waals surface area contributed by atoms with Crippen molar-refractivity contribution in [2.45, 2.75) is 17.4 Å². The zero-order chi connectivity index (χ0) is 29.0. The van der Waals surface area contributed by atoms with Crippen LogP contribution in [0.5, 0.6) is 5.75 Å². The summed E-state index contributed by atoms with van der Waals surface area (Å²) in [5.74, 6) is -3.60. The van der Waals surface area contributed by atoms with E-state index in [0.717, 1.165) is 35.6 Å². The molecule has 0 aliphatic carbocycles. The number of benzene rings is 2. The maximum absolute atomic E-state index is 15.6. The molecule has 0 saturated carbocycles. The smallest absolute Gasteiger partial charge is 0.424 e. The molecule has 40 heavy (non-hydrogen) atoms. The molecule has 0 unspecified atom stereocenters. The number of carbonyl (C=O) groups is 2. The number of aromatic nitrogens is 2. The van der Waals surface area contributed by atoms with E-state index in [-0.39, 0.29) is 16.3 Å². The maximum Gasteiger partial charge on any atom is 0.424 e. The number of alkyl halides is 4. The fraction of sp³-hybridized carbons (Fsp3) is 0.200. The second-order valence-corrected chi connectivity index (χ2v) is 10.0. The highest BCUT2D eigenvalue weighted by atomic mass is 32.1. The van der Waals surface area contributed by atoms with Crippen LogP contribution in [0.4, 0.5) is 27.1 Å². The Morgan fingerprint density at radius 3 is 2.48 bits per heavy atom. The lowest BCUT2D eigenvalue weighted by molar-refractivity contribution is -0.265. The van der Waals surface area contributed by atoms with Crippen molar-refractivity contribution in [2.75, 3.05) is 18.9 Å². The van der Waals surface area contributed by atoms with Crippen LogP contribution in [-0.4, -0.2) is 46.2 Å². The predicted octanol–water partition coefficient (Wildman–Crippen LogP) is 3.30. The molecule has 9 nitrogen and oxygen atoms in total. The highest BCUT2D eigenvalue weighted by Gasteiger charge is 2.58. The number of nitrogens with two attached hydrogens (primary N) is 2. The summed E-state index contributed by atoms with van der Waals surface area (Å²) in [7, 11) is 0. The standard InChI is InChI=1S/C25H18F5N5O4S/c26-13-4-1-11(2-5-13)18-19-14(23(27,10-39-19)21(31)37)8-17(35-18)24(38,25(28,29)30)9-33-20(36)12-3-6-15-16(7-12)40-22(32)34-15/h1-8,38H,9-10H2,(H2,31,37)(H2,32,34)(H,33,36)/t23-,24+/m1/s1. The minimum absolute atomic E-state index is 0.00101. The Morgan fingerprint density at radius 2 is 1.82 bits per heavy atom. The van der Waals surface area contributed by atoms with Gasteiger partial charge in [0.15, 0.2) is 10.9 Å². The highest BCUT2D eigenvalue weighted by Crippen LogP contribution is 2.48. The second kappa shape index (κ2) is 9.38. The van der Waals surface area contributed by atoms with Crippen LogP contribution in [0.15, 0.2) is 48.5 Å². The van der Waals surface area contributed by atoms with Crippen LogP contribution in [0.3, 0.4) is 0 Å². The number of aliphatic hydroxyl groups is 1. The fourth-order valence-electron chi connectivity index (χ4n) is 4.17. The topological polar surface area (TPSA) is 153 Å². The lowest BCUT2D eigenvalue weighted by atomic mass is 9.90. The molecule has 0 saturated heterocycles. The van der Waals surface area contributed by atoms with Crippen LogP contribution in [0.1, 0.15) is 21.6 Å². The van der Waals surface area contributed by atoms with Crippen molar-refractivity contribution in [3.8, 4) is 17.0 Å². The first-order valence-corrected chi connectivity index (χ1v) is 12.2. The SMILES string of the molecule is NC(=O)[C@@]1(F)COc2c1cc([C@@](O)(CNC(=O)c1ccc3nc(N)sc3c1)C(F)(F)F)nc2-c1ccc(F)cc1. The first kappa shape index (κ1) is 27.2. The Balaban J connectivity index is 1.58. The largest absolute Gasteiger partial charge is 0.487 e. The van der Waals surface area contributed by atoms with E-state index in [4.69, 9.17) is 16.2 Å². The van der Waals surface area contributed by atoms with E-state index in [2.05, 4.69) is 9.97 Å². The van der Waals surface area contributed by atoms with Crippen molar-refractivity contribution >= 4 is 38.5 Å². The van der Waals surface area contributed by atoms with Crippen LogP contribution >= 0.6 is 11.3 Å². The molecule has 3 heterocycles. The van der Waals surface area contributed by atoms with Crippen molar-refractivity contribution in [2.24, 2.45) is 5.73 Å². The van der Waals surface area contributed by atoms with Crippen LogP contribution < -0.4 is 21.5 Å². The summed E-state index contributed by atoms with van der Waals surface area (Å²) in [6, 6.07) is 8.89. The Labute approximate surface area is 225 Å². The Hall–Kier alpha value is -4.37. The first-order chi connectivity index (χ1) is 18.7. The van der Waals surface area contributed by atoms with Gasteiger partial charge in [0.05, 0.1) is 22.5 Å². The van der Waals surface area contributed by atoms with Gasteiger partial charge in [-0.15, -0.1) is 0 Å². The number of nitrogens with one attached hydrogen (secondary N) is 1. The van der Waals surface area contributed by atoms with Crippen LogP contribution in [0.2, 0.25) is 0 Å². The molecular formula is C25H18F5N5O4S. The van der Waals surface area contributed by atoms with Gasteiger partial charge in [-0.1, -0.05) is 11.3 Å². The summed E-state index contributed by atoms with van der Waals surface area (Å²) >= 11 is 1.06. The Morgan fingerprint density at radius 1 is 1.12 bits per heavy atom. The van der Waals surface area contributed by atoms with Gasteiger partial charge < -0.3 is 26.6 Å². The van der Waals surface area contributed by atoms with Crippen molar-refractivity contribution in [1.82, 2.24) is 15.3 Å². The van der Waals surface area contributed by atoms with Gasteiger partial charge in [0.25, 0.3) is 17.5 Å². The number of ether oxygens (including phenoxy) is 1. The lowest BCUT2D eigenvalue weighted by Crippen LogP contribution is -2.51. The van der Waals surface area contributed by atoms with Gasteiger partial charge in [0.1, 0.15) is 18.1 Å². The van der Waals surface area contributed by atoms with Gasteiger partial charge >= 0.3 is 6.18 Å². The van der Waals surface area contributed by atoms with Crippen molar-refractivity contribution < 1.29 is 41.4 Å². The van der Waals surface area contributed by atoms with E-state index < -0.39 is 70.9 Å². The number of thiazole rings is 1. The Bertz CT molecular complexity index is 1660. The van der Waals surface area contributed by atoms with E-state index >= 15 is 4.39 Å². The van der Waals surface area contributed by atoms with Crippen molar-refractivity contribution in [3.05, 3.63) is 71.2 Å². The quantitative estimate of drug-likeness (QED) is 0.256. The monoisotopic (exact) mass is 579 g/mol. The maximum atomic E-state index is 15.6. The number of primary amides is 1. The molecule has 0 fully saturated rings. The zero-order valence-electron chi connectivity index (χ0n) is 20.1. The summed E-state index contributed by atoms with van der Waals surface area (Å²) in [6.45, 7) is -2.40. The Kier molecular flexibility index (Phi) is 6.38. The van der Waals surface area contributed by atoms with E-state index in [1.54, 1.807) is 0 Å². The third kappa shape index (κ3) is 4.46. The highest BCUT2D eigenvalue weighted by molar-refractivity contribution is 7.22. The molecular weight excluding hydrogens is 561 g/mol. The summed E-state index contributed by atoms with van der Waals surface area (Å²) in [4.78, 5) is 32.6. The van der Waals surface area contributed by atoms with E-state index in [1.807, 2.05) is 5.32 Å². The fourth-order valence-corrected chi connectivity index (χ4v) is 4.95. The third-order valence-corrected chi connectivity index (χ3v) is 7.24. The lowest BCUT2D eigenvalue weighted by Gasteiger charge is -2.31. The average molecular weight is 580 g/mol. The van der Waals surface area contributed by atoms with Crippen LogP contribution in [0.25, 0.3) is 21.5 Å². The molecule has 2 aromatic carbocycles. The number of pyridine rings is 1. The van der Waals surface area contributed by atoms with Crippen molar-refractivity contribution in [1.29, 1.82) is 0 Å². The number of nitrogen functional groups attached to an aromatic ring is 1. The van der Waals surface area contributed by atoms with Crippen LogP contribution in [0, 0.1) is 5.82 Å². The van der Waals surface area contributed by atoms with Gasteiger partial charge in [0, 0.05) is 16.7 Å². The molecule has 2 amide bonds. The third-order valence-electron chi connectivity index (χ3n) is 6.39. The molecule has 15 heteroatoms. The molecule has 2 atom stereocenters. The normalized spacial score (nSPS) is 18.1. The molecule has 2 aromatic heterocycles. The summed E-state index contributed by atoms with van der Waals surface area (Å²) in [6.07, 6.45) is -5.46. The van der Waals surface area contributed by atoms with Gasteiger partial charge in [-0.25, -0.2) is 18.7 Å². The number of nitrogens with zero attached hydrogens (tertiary/aromatic N) is 2. The molecule has 208 valence electrons. The summed E-state index contributed by atoms with van der Waals surface area (Å²) in [5, 5.41) is 13.2. The van der Waals surface area contributed by atoms with Crippen LogP contribution in [-0.2, 0) is 16.1 Å². The number of amides is 2. The van der Waals surface area contributed by atoms with Crippen molar-refractivity contribution in [3.63, 3.8) is 0 Å². The minimum Gasteiger partial charge on any atom is -0.487 e. The number of hydrogen-bond acceptors (Lipinski definition) is 8. The van der Waals surface area contributed by atoms with Gasteiger partial charge in [-0.05, 0) is 48.5 Å².